The molecule has 2 atom stereocenters. The number of nitrogen functional groups attached to an aromatic ring is 1. The van der Waals surface area contributed by atoms with Crippen molar-refractivity contribution in [3.8, 4) is 12.3 Å². The van der Waals surface area contributed by atoms with Crippen molar-refractivity contribution in [2.75, 3.05) is 12.3 Å². The zero-order valence-electron chi connectivity index (χ0n) is 12.3. The van der Waals surface area contributed by atoms with Gasteiger partial charge in [-0.15, -0.1) is 6.42 Å². The number of rotatable bonds is 3. The number of imidazole rings is 1. The molecule has 2 N–H and O–H groups in total. The molecule has 0 spiro atoms. The lowest BCUT2D eigenvalue weighted by molar-refractivity contribution is -0.149. The highest BCUT2D eigenvalue weighted by Crippen LogP contribution is 2.37. The Hall–Kier alpha value is -2.73. The summed E-state index contributed by atoms with van der Waals surface area (Å²) in [5, 5.41) is 0. The van der Waals surface area contributed by atoms with Crippen LogP contribution in [0.2, 0.25) is 0 Å². The smallest absolute Gasteiger partial charge is 0.312 e. The predicted octanol–water partition coefficient (Wildman–Crippen LogP) is 0.792. The maximum absolute atomic E-state index is 13.4. The summed E-state index contributed by atoms with van der Waals surface area (Å²) >= 11 is 0. The van der Waals surface area contributed by atoms with Gasteiger partial charge >= 0.3 is 12.0 Å². The number of carbonyl (C=O) groups is 1. The van der Waals surface area contributed by atoms with Crippen LogP contribution in [-0.2, 0) is 14.3 Å². The van der Waals surface area contributed by atoms with Gasteiger partial charge in [-0.2, -0.15) is 14.4 Å². The van der Waals surface area contributed by atoms with E-state index in [1.54, 1.807) is 4.57 Å². The summed E-state index contributed by atoms with van der Waals surface area (Å²) < 4.78 is 25.8. The van der Waals surface area contributed by atoms with E-state index in [0.29, 0.717) is 12.8 Å². The zero-order valence-corrected chi connectivity index (χ0v) is 12.3. The maximum atomic E-state index is 13.4. The highest BCUT2D eigenvalue weighted by molar-refractivity contribution is 5.81. The number of nitrogens with two attached hydrogens (primary N) is 1. The maximum Gasteiger partial charge on any atom is 0.312 e. The summed E-state index contributed by atoms with van der Waals surface area (Å²) in [6.45, 7) is 1.25. The highest BCUT2D eigenvalue weighted by Gasteiger charge is 2.41. The Balaban J connectivity index is 1.90. The molecule has 3 rings (SSSR count). The number of terminal acetylenes is 1. The van der Waals surface area contributed by atoms with Gasteiger partial charge in [-0.05, 0) is 12.8 Å². The molecule has 1 aliphatic heterocycles. The van der Waals surface area contributed by atoms with Crippen molar-refractivity contribution in [1.29, 1.82) is 0 Å². The van der Waals surface area contributed by atoms with Crippen LogP contribution in [0.1, 0.15) is 26.0 Å². The van der Waals surface area contributed by atoms with E-state index >= 15 is 0 Å². The first-order valence-corrected chi connectivity index (χ1v) is 6.88. The van der Waals surface area contributed by atoms with Gasteiger partial charge in [0.1, 0.15) is 12.8 Å². The van der Waals surface area contributed by atoms with E-state index in [1.807, 2.05) is 0 Å². The SMILES string of the molecule is C#CC1(COC(C)=O)CCC(n2cnc3c(N)nc(F)nc32)O1. The third-order valence-electron chi connectivity index (χ3n) is 3.66. The molecule has 0 aliphatic carbocycles. The fourth-order valence-electron chi connectivity index (χ4n) is 2.52. The number of nitrogens with zero attached hydrogens (tertiary/aromatic N) is 4. The quantitative estimate of drug-likeness (QED) is 0.506. The molecular formula is C14H14FN5O3. The summed E-state index contributed by atoms with van der Waals surface area (Å²) in [5.41, 5.74) is 5.12. The predicted molar refractivity (Wildman–Crippen MR) is 77.2 cm³/mol. The van der Waals surface area contributed by atoms with Crippen molar-refractivity contribution in [2.24, 2.45) is 0 Å². The molecule has 0 amide bonds. The van der Waals surface area contributed by atoms with Crippen LogP contribution in [0.5, 0.6) is 0 Å². The normalized spacial score (nSPS) is 23.8. The largest absolute Gasteiger partial charge is 0.462 e. The van der Waals surface area contributed by atoms with Crippen LogP contribution in [0.25, 0.3) is 11.2 Å². The van der Waals surface area contributed by atoms with Gasteiger partial charge in [0.25, 0.3) is 0 Å². The summed E-state index contributed by atoms with van der Waals surface area (Å²) in [4.78, 5) is 22.2. The Morgan fingerprint density at radius 2 is 2.48 bits per heavy atom. The number of halogens is 1. The Morgan fingerprint density at radius 3 is 3.17 bits per heavy atom. The Morgan fingerprint density at radius 1 is 1.70 bits per heavy atom. The first-order chi connectivity index (χ1) is 10.9. The second-order valence-corrected chi connectivity index (χ2v) is 5.23. The molecule has 120 valence electrons. The van der Waals surface area contributed by atoms with Crippen molar-refractivity contribution < 1.29 is 18.7 Å². The zero-order chi connectivity index (χ0) is 16.6. The summed E-state index contributed by atoms with van der Waals surface area (Å²) in [7, 11) is 0. The fourth-order valence-corrected chi connectivity index (χ4v) is 2.52. The topological polar surface area (TPSA) is 105 Å². The highest BCUT2D eigenvalue weighted by atomic mass is 19.1. The molecule has 2 unspecified atom stereocenters. The lowest BCUT2D eigenvalue weighted by Crippen LogP contribution is -2.33. The third-order valence-corrected chi connectivity index (χ3v) is 3.66. The average Bonchev–Trinajstić information content (AvgIpc) is 3.09. The Bertz CT molecular complexity index is 815. The number of hydrogen-bond donors (Lipinski definition) is 1. The molecule has 0 aromatic carbocycles. The van der Waals surface area contributed by atoms with Crippen LogP contribution in [0, 0.1) is 18.4 Å². The van der Waals surface area contributed by atoms with Crippen LogP contribution >= 0.6 is 0 Å². The summed E-state index contributed by atoms with van der Waals surface area (Å²) in [6, 6.07) is 0. The lowest BCUT2D eigenvalue weighted by Gasteiger charge is -2.23. The van der Waals surface area contributed by atoms with Gasteiger partial charge < -0.3 is 15.2 Å². The van der Waals surface area contributed by atoms with Crippen LogP contribution < -0.4 is 5.73 Å². The molecule has 1 aliphatic rings. The van der Waals surface area contributed by atoms with Crippen LogP contribution in [-0.4, -0.2) is 37.7 Å². The van der Waals surface area contributed by atoms with Crippen LogP contribution in [0.4, 0.5) is 10.2 Å². The molecule has 2 aromatic rings. The van der Waals surface area contributed by atoms with Crippen LogP contribution in [0.15, 0.2) is 6.33 Å². The molecule has 0 saturated carbocycles. The van der Waals surface area contributed by atoms with Gasteiger partial charge in [0.15, 0.2) is 22.6 Å². The number of esters is 1. The van der Waals surface area contributed by atoms with Crippen molar-refractivity contribution in [3.63, 3.8) is 0 Å². The minimum atomic E-state index is -1.02. The van der Waals surface area contributed by atoms with Gasteiger partial charge in [-0.1, -0.05) is 5.92 Å². The molecule has 8 nitrogen and oxygen atoms in total. The molecule has 0 radical (unpaired) electrons. The van der Waals surface area contributed by atoms with Gasteiger partial charge in [-0.3, -0.25) is 9.36 Å². The van der Waals surface area contributed by atoms with E-state index < -0.39 is 23.9 Å². The third kappa shape index (κ3) is 2.68. The van der Waals surface area contributed by atoms with E-state index in [0.717, 1.165) is 0 Å². The molecule has 2 aromatic heterocycles. The monoisotopic (exact) mass is 319 g/mol. The van der Waals surface area contributed by atoms with Crippen molar-refractivity contribution >= 4 is 23.0 Å². The number of ether oxygens (including phenoxy) is 2. The molecule has 3 heterocycles. The van der Waals surface area contributed by atoms with E-state index in [9.17, 15) is 9.18 Å². The van der Waals surface area contributed by atoms with Crippen LogP contribution in [0.3, 0.4) is 0 Å². The number of anilines is 1. The molecule has 1 saturated heterocycles. The van der Waals surface area contributed by atoms with E-state index in [4.69, 9.17) is 21.6 Å². The number of carbonyl (C=O) groups excluding carboxylic acids is 1. The van der Waals surface area contributed by atoms with Crippen molar-refractivity contribution in [1.82, 2.24) is 19.5 Å². The fraction of sp³-hybridized carbons (Fsp3) is 0.429. The first kappa shape index (κ1) is 15.2. The average molecular weight is 319 g/mol. The number of aromatic nitrogens is 4. The molecule has 23 heavy (non-hydrogen) atoms. The van der Waals surface area contributed by atoms with E-state index in [2.05, 4.69) is 20.9 Å². The number of hydrogen-bond acceptors (Lipinski definition) is 7. The number of fused-ring (bicyclic) bond motifs is 1. The molecule has 9 heteroatoms. The lowest BCUT2D eigenvalue weighted by atomic mass is 10.0. The minimum absolute atomic E-state index is 0.0482. The van der Waals surface area contributed by atoms with E-state index in [-0.39, 0.29) is 23.6 Å². The summed E-state index contributed by atoms with van der Waals surface area (Å²) in [5.74, 6) is 2.04. The second-order valence-electron chi connectivity index (χ2n) is 5.23. The first-order valence-electron chi connectivity index (χ1n) is 6.88. The Labute approximate surface area is 130 Å². The van der Waals surface area contributed by atoms with Gasteiger partial charge in [0, 0.05) is 6.92 Å². The standard InChI is InChI=1S/C14H14FN5O3/c1-3-14(6-22-8(2)21)5-4-9(23-14)20-7-17-10-11(16)18-13(15)19-12(10)20/h1,7,9H,4-6H2,2H3,(H2,16,18,19). The molecule has 1 fully saturated rings. The Kier molecular flexibility index (Phi) is 3.61. The van der Waals surface area contributed by atoms with Gasteiger partial charge in [-0.25, -0.2) is 4.98 Å². The minimum Gasteiger partial charge on any atom is -0.462 e. The molecule has 0 bridgehead atoms. The van der Waals surface area contributed by atoms with E-state index in [1.165, 1.54) is 13.3 Å². The van der Waals surface area contributed by atoms with Crippen molar-refractivity contribution in [3.05, 3.63) is 12.4 Å². The summed E-state index contributed by atoms with van der Waals surface area (Å²) in [6.07, 6.45) is 6.52. The van der Waals surface area contributed by atoms with Gasteiger partial charge in [0.05, 0.1) is 6.33 Å². The second kappa shape index (κ2) is 5.48. The van der Waals surface area contributed by atoms with Gasteiger partial charge in [0.2, 0.25) is 0 Å². The van der Waals surface area contributed by atoms with Crippen molar-refractivity contribution in [2.45, 2.75) is 31.6 Å². The molecular weight excluding hydrogens is 305 g/mol.